The summed E-state index contributed by atoms with van der Waals surface area (Å²) >= 11 is 7.38. The molecule has 0 fully saturated rings. The van der Waals surface area contributed by atoms with Gasteiger partial charge in [0, 0.05) is 15.4 Å². The smallest absolute Gasteiger partial charge is 0.160 e. The highest BCUT2D eigenvalue weighted by atomic mass is 35.5. The Kier molecular flexibility index (Phi) is 3.94. The van der Waals surface area contributed by atoms with Gasteiger partial charge in [-0.3, -0.25) is 4.79 Å². The van der Waals surface area contributed by atoms with Crippen LogP contribution in [0.1, 0.15) is 17.3 Å². The Hall–Kier alpha value is -1.45. The summed E-state index contributed by atoms with van der Waals surface area (Å²) in [4.78, 5) is 13.4. The van der Waals surface area contributed by atoms with Gasteiger partial charge in [-0.1, -0.05) is 41.6 Å². The Balaban J connectivity index is 2.34. The van der Waals surface area contributed by atoms with Crippen molar-refractivity contribution >= 4 is 34.8 Å². The largest absolute Gasteiger partial charge is 0.397 e. The zero-order valence-electron chi connectivity index (χ0n) is 9.81. The van der Waals surface area contributed by atoms with Gasteiger partial charge in [0.15, 0.2) is 5.78 Å². The normalized spacial score (nSPS) is 10.3. The molecule has 0 amide bonds. The molecule has 0 heterocycles. The van der Waals surface area contributed by atoms with Gasteiger partial charge in [-0.15, -0.1) is 0 Å². The highest BCUT2D eigenvalue weighted by Crippen LogP contribution is 2.33. The summed E-state index contributed by atoms with van der Waals surface area (Å²) in [6, 6.07) is 13.0. The number of halogens is 1. The molecule has 18 heavy (non-hydrogen) atoms. The van der Waals surface area contributed by atoms with Crippen LogP contribution in [0.5, 0.6) is 0 Å². The molecule has 2 N–H and O–H groups in total. The summed E-state index contributed by atoms with van der Waals surface area (Å²) in [6.45, 7) is 1.57. The predicted octanol–water partition coefficient (Wildman–Crippen LogP) is 4.28. The zero-order valence-corrected chi connectivity index (χ0v) is 11.4. The van der Waals surface area contributed by atoms with Gasteiger partial charge in [0.05, 0.1) is 10.7 Å². The minimum absolute atomic E-state index is 0.0556. The number of hydrogen-bond acceptors (Lipinski definition) is 3. The van der Waals surface area contributed by atoms with Gasteiger partial charge in [0.1, 0.15) is 0 Å². The monoisotopic (exact) mass is 277 g/mol. The molecule has 0 radical (unpaired) electrons. The SMILES string of the molecule is CC(=O)c1ccccc1Sc1ccc(Cl)c(N)c1. The molecule has 2 nitrogen and oxygen atoms in total. The number of carbonyl (C=O) groups is 1. The fraction of sp³-hybridized carbons (Fsp3) is 0.0714. The van der Waals surface area contributed by atoms with Crippen molar-refractivity contribution in [2.24, 2.45) is 0 Å². The van der Waals surface area contributed by atoms with E-state index in [0.717, 1.165) is 15.4 Å². The molecule has 0 aliphatic carbocycles. The van der Waals surface area contributed by atoms with E-state index in [9.17, 15) is 4.79 Å². The van der Waals surface area contributed by atoms with E-state index in [1.165, 1.54) is 11.8 Å². The van der Waals surface area contributed by atoms with Crippen LogP contribution in [0.2, 0.25) is 5.02 Å². The molecule has 2 aromatic carbocycles. The molecule has 0 aliphatic heterocycles. The lowest BCUT2D eigenvalue weighted by Gasteiger charge is -2.07. The Morgan fingerprint density at radius 2 is 1.94 bits per heavy atom. The van der Waals surface area contributed by atoms with Crippen molar-refractivity contribution in [1.82, 2.24) is 0 Å². The lowest BCUT2D eigenvalue weighted by molar-refractivity contribution is 0.101. The fourth-order valence-electron chi connectivity index (χ4n) is 1.56. The number of anilines is 1. The third kappa shape index (κ3) is 2.86. The first kappa shape index (κ1) is 13.0. The van der Waals surface area contributed by atoms with Crippen LogP contribution in [0.4, 0.5) is 5.69 Å². The van der Waals surface area contributed by atoms with Crippen molar-refractivity contribution in [3.63, 3.8) is 0 Å². The van der Waals surface area contributed by atoms with Crippen LogP contribution in [0.3, 0.4) is 0 Å². The molecule has 92 valence electrons. The molecular formula is C14H12ClNOS. The maximum Gasteiger partial charge on any atom is 0.160 e. The van der Waals surface area contributed by atoms with E-state index in [-0.39, 0.29) is 5.78 Å². The second-order valence-electron chi connectivity index (χ2n) is 3.84. The average molecular weight is 278 g/mol. The first-order chi connectivity index (χ1) is 8.58. The lowest BCUT2D eigenvalue weighted by Crippen LogP contribution is -1.94. The molecule has 0 unspecified atom stereocenters. The Bertz CT molecular complexity index is 598. The van der Waals surface area contributed by atoms with E-state index < -0.39 is 0 Å². The van der Waals surface area contributed by atoms with Crippen molar-refractivity contribution in [3.8, 4) is 0 Å². The molecule has 4 heteroatoms. The van der Waals surface area contributed by atoms with Crippen LogP contribution >= 0.6 is 23.4 Å². The topological polar surface area (TPSA) is 43.1 Å². The molecule has 0 aliphatic rings. The van der Waals surface area contributed by atoms with E-state index in [1.54, 1.807) is 13.0 Å². The van der Waals surface area contributed by atoms with Crippen LogP contribution in [0.25, 0.3) is 0 Å². The highest BCUT2D eigenvalue weighted by molar-refractivity contribution is 7.99. The second-order valence-corrected chi connectivity index (χ2v) is 5.36. The second kappa shape index (κ2) is 5.46. The summed E-state index contributed by atoms with van der Waals surface area (Å²) in [5, 5.41) is 0.541. The summed E-state index contributed by atoms with van der Waals surface area (Å²) in [5.74, 6) is 0.0556. The number of nitrogen functional groups attached to an aromatic ring is 1. The fourth-order valence-corrected chi connectivity index (χ4v) is 2.72. The van der Waals surface area contributed by atoms with Crippen molar-refractivity contribution in [2.45, 2.75) is 16.7 Å². The first-order valence-corrected chi connectivity index (χ1v) is 6.60. The minimum Gasteiger partial charge on any atom is -0.397 e. The standard InChI is InChI=1S/C14H12ClNOS/c1-9(17)11-4-2-3-5-14(11)18-10-6-7-12(15)13(16)8-10/h2-8H,16H2,1H3. The third-order valence-electron chi connectivity index (χ3n) is 2.46. The van der Waals surface area contributed by atoms with E-state index >= 15 is 0 Å². The molecule has 0 spiro atoms. The molecule has 0 bridgehead atoms. The maximum atomic E-state index is 11.5. The molecule has 0 aromatic heterocycles. The lowest BCUT2D eigenvalue weighted by atomic mass is 10.1. The van der Waals surface area contributed by atoms with E-state index in [0.29, 0.717) is 10.7 Å². The average Bonchev–Trinajstić information content (AvgIpc) is 2.34. The van der Waals surface area contributed by atoms with Gasteiger partial charge in [0.25, 0.3) is 0 Å². The molecular weight excluding hydrogens is 266 g/mol. The number of nitrogens with two attached hydrogens (primary N) is 1. The first-order valence-electron chi connectivity index (χ1n) is 5.41. The summed E-state index contributed by atoms with van der Waals surface area (Å²) in [7, 11) is 0. The summed E-state index contributed by atoms with van der Waals surface area (Å²) in [6.07, 6.45) is 0. The van der Waals surface area contributed by atoms with Crippen molar-refractivity contribution in [2.75, 3.05) is 5.73 Å². The Morgan fingerprint density at radius 3 is 2.61 bits per heavy atom. The number of carbonyl (C=O) groups excluding carboxylic acids is 1. The van der Waals surface area contributed by atoms with Gasteiger partial charge < -0.3 is 5.73 Å². The molecule has 0 saturated heterocycles. The molecule has 0 saturated carbocycles. The van der Waals surface area contributed by atoms with Crippen molar-refractivity contribution < 1.29 is 4.79 Å². The van der Waals surface area contributed by atoms with Crippen LogP contribution < -0.4 is 5.73 Å². The van der Waals surface area contributed by atoms with Crippen LogP contribution in [-0.2, 0) is 0 Å². The van der Waals surface area contributed by atoms with Crippen LogP contribution in [0.15, 0.2) is 52.3 Å². The Morgan fingerprint density at radius 1 is 1.22 bits per heavy atom. The quantitative estimate of drug-likeness (QED) is 0.673. The third-order valence-corrected chi connectivity index (χ3v) is 3.87. The molecule has 2 aromatic rings. The zero-order chi connectivity index (χ0) is 13.1. The molecule has 0 atom stereocenters. The minimum atomic E-state index is 0.0556. The highest BCUT2D eigenvalue weighted by Gasteiger charge is 2.08. The van der Waals surface area contributed by atoms with Crippen LogP contribution in [0, 0.1) is 0 Å². The number of Topliss-reactive ketones (excluding diaryl/α,β-unsaturated/α-hetero) is 1. The van der Waals surface area contributed by atoms with Crippen molar-refractivity contribution in [1.29, 1.82) is 0 Å². The molecule has 2 rings (SSSR count). The van der Waals surface area contributed by atoms with Crippen molar-refractivity contribution in [3.05, 3.63) is 53.1 Å². The van der Waals surface area contributed by atoms with Gasteiger partial charge in [0.2, 0.25) is 0 Å². The number of ketones is 1. The van der Waals surface area contributed by atoms with Gasteiger partial charge in [-0.2, -0.15) is 0 Å². The maximum absolute atomic E-state index is 11.5. The number of rotatable bonds is 3. The summed E-state index contributed by atoms with van der Waals surface area (Å²) < 4.78 is 0. The van der Waals surface area contributed by atoms with Gasteiger partial charge in [-0.25, -0.2) is 0 Å². The van der Waals surface area contributed by atoms with E-state index in [4.69, 9.17) is 17.3 Å². The predicted molar refractivity (Wildman–Crippen MR) is 76.4 cm³/mol. The van der Waals surface area contributed by atoms with E-state index in [1.807, 2.05) is 36.4 Å². The number of hydrogen-bond donors (Lipinski definition) is 1. The number of benzene rings is 2. The van der Waals surface area contributed by atoms with Crippen LogP contribution in [-0.4, -0.2) is 5.78 Å². The van der Waals surface area contributed by atoms with E-state index in [2.05, 4.69) is 0 Å². The summed E-state index contributed by atoms with van der Waals surface area (Å²) in [5.41, 5.74) is 7.02. The Labute approximate surface area is 115 Å². The van der Waals surface area contributed by atoms with Gasteiger partial charge >= 0.3 is 0 Å². The van der Waals surface area contributed by atoms with Gasteiger partial charge in [-0.05, 0) is 31.2 Å².